The van der Waals surface area contributed by atoms with Crippen molar-refractivity contribution in [2.24, 2.45) is 16.3 Å². The molecule has 0 aliphatic heterocycles. The quantitative estimate of drug-likeness (QED) is 0.347. The molecule has 5 nitrogen and oxygen atoms in total. The normalized spacial score (nSPS) is 18.3. The zero-order chi connectivity index (χ0) is 15.5. The summed E-state index contributed by atoms with van der Waals surface area (Å²) in [6.45, 7) is 0. The van der Waals surface area contributed by atoms with E-state index in [-0.39, 0.29) is 22.5 Å². The molecule has 114 valence electrons. The molecule has 1 fully saturated rings. The fraction of sp³-hybridized carbons (Fsp3) is 0.429. The van der Waals surface area contributed by atoms with E-state index in [2.05, 4.69) is 10.5 Å². The molecular formula is C14H17ClFN3O2. The van der Waals surface area contributed by atoms with Gasteiger partial charge in [0.25, 0.3) is 0 Å². The van der Waals surface area contributed by atoms with Crippen LogP contribution in [0, 0.1) is 11.2 Å². The van der Waals surface area contributed by atoms with Crippen molar-refractivity contribution in [1.82, 2.24) is 0 Å². The van der Waals surface area contributed by atoms with Crippen LogP contribution < -0.4 is 11.1 Å². The van der Waals surface area contributed by atoms with Gasteiger partial charge in [0.1, 0.15) is 11.2 Å². The molecule has 0 aromatic heterocycles. The first kappa shape index (κ1) is 15.6. The van der Waals surface area contributed by atoms with E-state index < -0.39 is 11.2 Å². The Labute approximate surface area is 127 Å². The van der Waals surface area contributed by atoms with Crippen LogP contribution in [-0.2, 0) is 4.79 Å². The predicted molar refractivity (Wildman–Crippen MR) is 79.0 cm³/mol. The number of rotatable bonds is 3. The monoisotopic (exact) mass is 313 g/mol. The summed E-state index contributed by atoms with van der Waals surface area (Å²) in [6, 6.07) is 4.01. The van der Waals surface area contributed by atoms with E-state index in [1.807, 2.05) is 0 Å². The summed E-state index contributed by atoms with van der Waals surface area (Å²) < 4.78 is 13.4. The molecule has 0 radical (unpaired) electrons. The van der Waals surface area contributed by atoms with Crippen LogP contribution in [0.5, 0.6) is 0 Å². The van der Waals surface area contributed by atoms with Crippen LogP contribution in [0.4, 0.5) is 10.1 Å². The summed E-state index contributed by atoms with van der Waals surface area (Å²) in [6.07, 6.45) is 3.65. The lowest BCUT2D eigenvalue weighted by molar-refractivity contribution is -0.123. The number of halogens is 2. The van der Waals surface area contributed by atoms with E-state index in [0.29, 0.717) is 12.8 Å². The van der Waals surface area contributed by atoms with E-state index in [9.17, 15) is 9.18 Å². The molecule has 0 heterocycles. The first-order valence-corrected chi connectivity index (χ1v) is 7.12. The molecule has 7 heteroatoms. The summed E-state index contributed by atoms with van der Waals surface area (Å²) in [5.74, 6) is -1.11. The fourth-order valence-electron chi connectivity index (χ4n) is 2.68. The van der Waals surface area contributed by atoms with E-state index in [4.69, 9.17) is 22.5 Å². The molecule has 0 saturated heterocycles. The molecule has 1 aliphatic carbocycles. The molecule has 4 N–H and O–H groups in total. The minimum absolute atomic E-state index is 0.0168. The van der Waals surface area contributed by atoms with Gasteiger partial charge >= 0.3 is 0 Å². The van der Waals surface area contributed by atoms with Crippen LogP contribution >= 0.6 is 11.6 Å². The lowest BCUT2D eigenvalue weighted by Crippen LogP contribution is -2.48. The topological polar surface area (TPSA) is 87.7 Å². The van der Waals surface area contributed by atoms with E-state index in [0.717, 1.165) is 25.3 Å². The highest BCUT2D eigenvalue weighted by Crippen LogP contribution is 2.37. The number of carbonyl (C=O) groups excluding carboxylic acids is 1. The van der Waals surface area contributed by atoms with Crippen LogP contribution in [0.25, 0.3) is 0 Å². The van der Waals surface area contributed by atoms with Gasteiger partial charge in [-0.3, -0.25) is 4.79 Å². The Bertz CT molecular complexity index is 571. The Morgan fingerprint density at radius 3 is 2.62 bits per heavy atom. The summed E-state index contributed by atoms with van der Waals surface area (Å²) >= 11 is 5.61. The fourth-order valence-corrected chi connectivity index (χ4v) is 2.79. The van der Waals surface area contributed by atoms with Crippen LogP contribution in [0.3, 0.4) is 0 Å². The largest absolute Gasteiger partial charge is 0.409 e. The maximum atomic E-state index is 13.4. The van der Waals surface area contributed by atoms with Gasteiger partial charge < -0.3 is 16.3 Å². The molecule has 1 amide bonds. The molecule has 1 saturated carbocycles. The first-order valence-electron chi connectivity index (χ1n) is 6.74. The van der Waals surface area contributed by atoms with Gasteiger partial charge in [-0.1, -0.05) is 36.0 Å². The minimum Gasteiger partial charge on any atom is -0.409 e. The molecule has 0 unspecified atom stereocenters. The number of benzene rings is 1. The second-order valence-corrected chi connectivity index (χ2v) is 5.62. The van der Waals surface area contributed by atoms with E-state index in [1.165, 1.54) is 12.1 Å². The number of amides is 1. The van der Waals surface area contributed by atoms with Gasteiger partial charge in [0, 0.05) is 5.69 Å². The van der Waals surface area contributed by atoms with Crippen molar-refractivity contribution >= 4 is 29.0 Å². The van der Waals surface area contributed by atoms with Crippen LogP contribution in [0.15, 0.2) is 23.4 Å². The number of carbonyl (C=O) groups is 1. The maximum absolute atomic E-state index is 13.4. The van der Waals surface area contributed by atoms with Crippen molar-refractivity contribution in [3.8, 4) is 0 Å². The molecule has 1 aliphatic rings. The molecule has 2 rings (SSSR count). The van der Waals surface area contributed by atoms with Gasteiger partial charge in [-0.15, -0.1) is 0 Å². The number of nitrogens with two attached hydrogens (primary N) is 1. The number of oxime groups is 1. The third-order valence-corrected chi connectivity index (χ3v) is 4.22. The Kier molecular flexibility index (Phi) is 4.67. The molecule has 1 aromatic rings. The second kappa shape index (κ2) is 6.30. The molecule has 0 atom stereocenters. The number of amidine groups is 1. The second-order valence-electron chi connectivity index (χ2n) is 5.21. The molecule has 21 heavy (non-hydrogen) atoms. The Hall–Kier alpha value is -1.82. The average molecular weight is 314 g/mol. The van der Waals surface area contributed by atoms with Gasteiger partial charge in [-0.2, -0.15) is 0 Å². The summed E-state index contributed by atoms with van der Waals surface area (Å²) in [5, 5.41) is 14.6. The van der Waals surface area contributed by atoms with Crippen molar-refractivity contribution in [2.75, 3.05) is 5.32 Å². The lowest BCUT2D eigenvalue weighted by atomic mass is 9.72. The Morgan fingerprint density at radius 1 is 1.38 bits per heavy atom. The number of hydrogen-bond acceptors (Lipinski definition) is 3. The van der Waals surface area contributed by atoms with Crippen LogP contribution in [-0.4, -0.2) is 17.0 Å². The van der Waals surface area contributed by atoms with Gasteiger partial charge in [-0.25, -0.2) is 4.39 Å². The van der Waals surface area contributed by atoms with Crippen LogP contribution in [0.1, 0.15) is 32.1 Å². The van der Waals surface area contributed by atoms with Crippen molar-refractivity contribution < 1.29 is 14.4 Å². The number of nitrogens with zero attached hydrogens (tertiary/aromatic N) is 1. The number of hydrogen-bond donors (Lipinski definition) is 3. The smallest absolute Gasteiger partial charge is 0.238 e. The molecular weight excluding hydrogens is 297 g/mol. The summed E-state index contributed by atoms with van der Waals surface area (Å²) in [7, 11) is 0. The standard InChI is InChI=1S/C14H17ClFN3O2/c15-10-5-4-9(8-11(10)16)18-13(20)14(12(17)19-21)6-2-1-3-7-14/h4-5,8,21H,1-3,6-7H2,(H2,17,19)(H,18,20). The first-order chi connectivity index (χ1) is 9.99. The zero-order valence-corrected chi connectivity index (χ0v) is 12.2. The van der Waals surface area contributed by atoms with Gasteiger partial charge in [0.05, 0.1) is 5.02 Å². The highest BCUT2D eigenvalue weighted by atomic mass is 35.5. The van der Waals surface area contributed by atoms with Crippen molar-refractivity contribution in [3.63, 3.8) is 0 Å². The van der Waals surface area contributed by atoms with Gasteiger partial charge in [0.15, 0.2) is 5.84 Å². The minimum atomic E-state index is -1.04. The van der Waals surface area contributed by atoms with Gasteiger partial charge in [0.2, 0.25) is 5.91 Å². The summed E-state index contributed by atoms with van der Waals surface area (Å²) in [5.41, 5.74) is 4.99. The maximum Gasteiger partial charge on any atom is 0.238 e. The van der Waals surface area contributed by atoms with Crippen LogP contribution in [0.2, 0.25) is 5.02 Å². The predicted octanol–water partition coefficient (Wildman–Crippen LogP) is 3.11. The third kappa shape index (κ3) is 3.10. The van der Waals surface area contributed by atoms with E-state index in [1.54, 1.807) is 0 Å². The van der Waals surface area contributed by atoms with Gasteiger partial charge in [-0.05, 0) is 31.0 Å². The SMILES string of the molecule is NC(=NO)C1(C(=O)Nc2ccc(Cl)c(F)c2)CCCCC1. The highest BCUT2D eigenvalue weighted by molar-refractivity contribution is 6.30. The Balaban J connectivity index is 2.24. The molecule has 1 aromatic carbocycles. The lowest BCUT2D eigenvalue weighted by Gasteiger charge is -2.34. The number of nitrogens with one attached hydrogen (secondary N) is 1. The average Bonchev–Trinajstić information content (AvgIpc) is 2.50. The van der Waals surface area contributed by atoms with Crippen molar-refractivity contribution in [1.29, 1.82) is 0 Å². The number of anilines is 1. The zero-order valence-electron chi connectivity index (χ0n) is 11.4. The summed E-state index contributed by atoms with van der Waals surface area (Å²) in [4.78, 5) is 12.5. The molecule has 0 bridgehead atoms. The highest BCUT2D eigenvalue weighted by Gasteiger charge is 2.43. The van der Waals surface area contributed by atoms with E-state index >= 15 is 0 Å². The van der Waals surface area contributed by atoms with Crippen molar-refractivity contribution in [2.45, 2.75) is 32.1 Å². The van der Waals surface area contributed by atoms with Crippen molar-refractivity contribution in [3.05, 3.63) is 29.0 Å². The molecule has 0 spiro atoms. The third-order valence-electron chi connectivity index (χ3n) is 3.92. The Morgan fingerprint density at radius 2 is 2.05 bits per heavy atom.